The highest BCUT2D eigenvalue weighted by molar-refractivity contribution is 4.53. The van der Waals surface area contributed by atoms with Gasteiger partial charge in [0.15, 0.2) is 0 Å². The van der Waals surface area contributed by atoms with E-state index in [4.69, 9.17) is 5.11 Å². The molecule has 2 N–H and O–H groups in total. The Bertz CT molecular complexity index is 90.3. The van der Waals surface area contributed by atoms with E-state index in [2.05, 4.69) is 19.2 Å². The minimum absolute atomic E-state index is 0.212. The van der Waals surface area contributed by atoms with Gasteiger partial charge in [-0.25, -0.2) is 0 Å². The van der Waals surface area contributed by atoms with Gasteiger partial charge in [-0.15, -0.1) is 0 Å². The lowest BCUT2D eigenvalue weighted by molar-refractivity contribution is 0.191. The molecule has 0 aliphatic rings. The Kier molecular flexibility index (Phi) is 8.46. The fourth-order valence-corrected chi connectivity index (χ4v) is 1.29. The van der Waals surface area contributed by atoms with Crippen molar-refractivity contribution in [3.8, 4) is 0 Å². The molecule has 0 aromatic carbocycles. The highest BCUT2D eigenvalue weighted by atomic mass is 16.3. The quantitative estimate of drug-likeness (QED) is 0.571. The summed E-state index contributed by atoms with van der Waals surface area (Å²) >= 11 is 0. The van der Waals surface area contributed by atoms with Gasteiger partial charge in [-0.2, -0.15) is 0 Å². The molecule has 80 valence electrons. The zero-order chi connectivity index (χ0) is 10.1. The maximum atomic E-state index is 8.97. The summed E-state index contributed by atoms with van der Waals surface area (Å²) in [5.41, 5.74) is 0. The number of rotatable bonds is 8. The van der Waals surface area contributed by atoms with Crippen molar-refractivity contribution in [1.82, 2.24) is 5.32 Å². The molecule has 0 aliphatic heterocycles. The van der Waals surface area contributed by atoms with Crippen molar-refractivity contribution in [1.29, 1.82) is 0 Å². The fourth-order valence-electron chi connectivity index (χ4n) is 1.29. The molecule has 0 radical (unpaired) electrons. The third-order valence-electron chi connectivity index (χ3n) is 2.07. The third kappa shape index (κ3) is 11.9. The van der Waals surface area contributed by atoms with E-state index in [0.717, 1.165) is 19.0 Å². The Morgan fingerprint density at radius 3 is 2.31 bits per heavy atom. The van der Waals surface area contributed by atoms with Gasteiger partial charge in [0, 0.05) is 6.54 Å². The maximum absolute atomic E-state index is 8.97. The molecule has 0 bridgehead atoms. The Hall–Kier alpha value is -0.0800. The fraction of sp³-hybridized carbons (Fsp3) is 1.00. The lowest BCUT2D eigenvalue weighted by atomic mass is 10.1. The van der Waals surface area contributed by atoms with Gasteiger partial charge in [-0.05, 0) is 25.8 Å². The van der Waals surface area contributed by atoms with Gasteiger partial charge in [-0.1, -0.05) is 33.1 Å². The van der Waals surface area contributed by atoms with Gasteiger partial charge in [0.05, 0.1) is 6.10 Å². The molecule has 2 heteroatoms. The highest BCUT2D eigenvalue weighted by Crippen LogP contribution is 2.07. The van der Waals surface area contributed by atoms with Crippen LogP contribution in [-0.2, 0) is 0 Å². The van der Waals surface area contributed by atoms with Crippen LogP contribution in [0.3, 0.4) is 0 Å². The molecule has 0 fully saturated rings. The first-order valence-electron chi connectivity index (χ1n) is 5.51. The monoisotopic (exact) mass is 187 g/mol. The molecule has 1 atom stereocenters. The van der Waals surface area contributed by atoms with Crippen LogP contribution in [0.15, 0.2) is 0 Å². The van der Waals surface area contributed by atoms with Crippen LogP contribution >= 0.6 is 0 Å². The first kappa shape index (κ1) is 12.9. The van der Waals surface area contributed by atoms with Crippen LogP contribution in [0.2, 0.25) is 0 Å². The van der Waals surface area contributed by atoms with Crippen LogP contribution in [0.5, 0.6) is 0 Å². The van der Waals surface area contributed by atoms with Crippen LogP contribution < -0.4 is 5.32 Å². The number of aliphatic hydroxyl groups is 1. The van der Waals surface area contributed by atoms with E-state index in [1.807, 2.05) is 6.92 Å². The molecule has 13 heavy (non-hydrogen) atoms. The molecule has 0 heterocycles. The Morgan fingerprint density at radius 2 is 1.77 bits per heavy atom. The summed E-state index contributed by atoms with van der Waals surface area (Å²) in [7, 11) is 0. The van der Waals surface area contributed by atoms with E-state index >= 15 is 0 Å². The molecule has 0 rings (SSSR count). The van der Waals surface area contributed by atoms with Gasteiger partial charge < -0.3 is 10.4 Å². The van der Waals surface area contributed by atoms with E-state index < -0.39 is 0 Å². The van der Waals surface area contributed by atoms with Gasteiger partial charge >= 0.3 is 0 Å². The Balaban J connectivity index is 2.92. The predicted octanol–water partition coefficient (Wildman–Crippen LogP) is 2.17. The van der Waals surface area contributed by atoms with Crippen molar-refractivity contribution in [2.75, 3.05) is 13.1 Å². The normalized spacial score (nSPS) is 13.6. The van der Waals surface area contributed by atoms with Crippen LogP contribution in [0.4, 0.5) is 0 Å². The van der Waals surface area contributed by atoms with E-state index in [1.54, 1.807) is 0 Å². The van der Waals surface area contributed by atoms with Gasteiger partial charge in [-0.3, -0.25) is 0 Å². The largest absolute Gasteiger partial charge is 0.392 e. The third-order valence-corrected chi connectivity index (χ3v) is 2.07. The minimum atomic E-state index is -0.212. The smallest absolute Gasteiger partial charge is 0.0636 e. The molecule has 1 unspecified atom stereocenters. The van der Waals surface area contributed by atoms with Gasteiger partial charge in [0.1, 0.15) is 0 Å². The predicted molar refractivity (Wildman–Crippen MR) is 57.9 cm³/mol. The standard InChI is InChI=1S/C11H25NO/c1-10(2)7-5-4-6-8-12-9-11(3)13/h10-13H,4-9H2,1-3H3. The van der Waals surface area contributed by atoms with Crippen molar-refractivity contribution in [3.05, 3.63) is 0 Å². The average molecular weight is 187 g/mol. The summed E-state index contributed by atoms with van der Waals surface area (Å²) < 4.78 is 0. The van der Waals surface area contributed by atoms with Crippen molar-refractivity contribution in [2.45, 2.75) is 52.6 Å². The molecule has 0 saturated carbocycles. The molecule has 0 aromatic heterocycles. The Labute approximate surface area is 82.7 Å². The molecule has 2 nitrogen and oxygen atoms in total. The number of aliphatic hydroxyl groups excluding tert-OH is 1. The van der Waals surface area contributed by atoms with Gasteiger partial charge in [0.2, 0.25) is 0 Å². The molecule has 0 saturated heterocycles. The van der Waals surface area contributed by atoms with Crippen LogP contribution in [0, 0.1) is 5.92 Å². The summed E-state index contributed by atoms with van der Waals surface area (Å²) in [4.78, 5) is 0. The van der Waals surface area contributed by atoms with Crippen molar-refractivity contribution >= 4 is 0 Å². The van der Waals surface area contributed by atoms with E-state index in [1.165, 1.54) is 25.7 Å². The summed E-state index contributed by atoms with van der Waals surface area (Å²) in [5, 5.41) is 12.2. The van der Waals surface area contributed by atoms with Crippen LogP contribution in [-0.4, -0.2) is 24.3 Å². The molecule has 0 amide bonds. The lowest BCUT2D eigenvalue weighted by Crippen LogP contribution is -2.25. The van der Waals surface area contributed by atoms with E-state index in [0.29, 0.717) is 0 Å². The van der Waals surface area contributed by atoms with Crippen molar-refractivity contribution in [3.63, 3.8) is 0 Å². The summed E-state index contributed by atoms with van der Waals surface area (Å²) in [6.45, 7) is 8.12. The maximum Gasteiger partial charge on any atom is 0.0636 e. The van der Waals surface area contributed by atoms with Crippen LogP contribution in [0.25, 0.3) is 0 Å². The summed E-state index contributed by atoms with van der Waals surface area (Å²) in [6.07, 6.45) is 5.02. The second-order valence-corrected chi connectivity index (χ2v) is 4.30. The van der Waals surface area contributed by atoms with Crippen LogP contribution in [0.1, 0.15) is 46.5 Å². The topological polar surface area (TPSA) is 32.3 Å². The zero-order valence-corrected chi connectivity index (χ0v) is 9.34. The molecular weight excluding hydrogens is 162 g/mol. The van der Waals surface area contributed by atoms with Crippen molar-refractivity contribution in [2.24, 2.45) is 5.92 Å². The molecular formula is C11H25NO. The number of hydrogen-bond acceptors (Lipinski definition) is 2. The Morgan fingerprint density at radius 1 is 1.08 bits per heavy atom. The second-order valence-electron chi connectivity index (χ2n) is 4.30. The molecule has 0 aliphatic carbocycles. The number of nitrogens with one attached hydrogen (secondary N) is 1. The van der Waals surface area contributed by atoms with Gasteiger partial charge in [0.25, 0.3) is 0 Å². The summed E-state index contributed by atoms with van der Waals surface area (Å²) in [5.74, 6) is 0.838. The minimum Gasteiger partial charge on any atom is -0.392 e. The number of unbranched alkanes of at least 4 members (excludes halogenated alkanes) is 2. The SMILES string of the molecule is CC(C)CCCCCNCC(C)O. The second kappa shape index (κ2) is 8.52. The lowest BCUT2D eigenvalue weighted by Gasteiger charge is -2.07. The summed E-state index contributed by atoms with van der Waals surface area (Å²) in [6, 6.07) is 0. The molecule has 0 spiro atoms. The van der Waals surface area contributed by atoms with E-state index in [-0.39, 0.29) is 6.10 Å². The van der Waals surface area contributed by atoms with Crippen molar-refractivity contribution < 1.29 is 5.11 Å². The zero-order valence-electron chi connectivity index (χ0n) is 9.34. The van der Waals surface area contributed by atoms with E-state index in [9.17, 15) is 0 Å². The first-order valence-corrected chi connectivity index (χ1v) is 5.51. The molecule has 0 aromatic rings. The number of hydrogen-bond donors (Lipinski definition) is 2. The highest BCUT2D eigenvalue weighted by Gasteiger charge is 1.95. The average Bonchev–Trinajstić information content (AvgIpc) is 2.01. The first-order chi connectivity index (χ1) is 6.13.